The highest BCUT2D eigenvalue weighted by atomic mass is 32.2. The number of sulfonamides is 1. The van der Waals surface area contributed by atoms with Gasteiger partial charge in [-0.05, 0) is 111 Å². The Balaban J connectivity index is 0.948. The molecule has 8 nitrogen and oxygen atoms in total. The first-order valence-electron chi connectivity index (χ1n) is 14.0. The summed E-state index contributed by atoms with van der Waals surface area (Å²) < 4.78 is 33.0. The van der Waals surface area contributed by atoms with Crippen LogP contribution in [0, 0.1) is 23.7 Å². The van der Waals surface area contributed by atoms with Gasteiger partial charge in [-0.25, -0.2) is 13.4 Å². The molecule has 2 N–H and O–H groups in total. The van der Waals surface area contributed by atoms with Gasteiger partial charge in [0.15, 0.2) is 5.03 Å². The third-order valence-electron chi connectivity index (χ3n) is 9.27. The minimum absolute atomic E-state index is 0.0478. The van der Waals surface area contributed by atoms with Crippen LogP contribution in [-0.2, 0) is 10.0 Å². The zero-order valence-electron chi connectivity index (χ0n) is 21.7. The molecule has 0 spiro atoms. The lowest BCUT2D eigenvalue weighted by Gasteiger charge is -2.58. The number of ether oxygens (including phenoxy) is 1. The van der Waals surface area contributed by atoms with Crippen molar-refractivity contribution >= 4 is 15.9 Å². The molecule has 1 saturated heterocycles. The molecule has 5 fully saturated rings. The van der Waals surface area contributed by atoms with Crippen molar-refractivity contribution in [1.82, 2.24) is 14.6 Å². The predicted molar refractivity (Wildman–Crippen MR) is 142 cm³/mol. The van der Waals surface area contributed by atoms with Crippen molar-refractivity contribution in [3.05, 3.63) is 54.2 Å². The van der Waals surface area contributed by atoms with Crippen molar-refractivity contribution < 1.29 is 23.1 Å². The number of nitrogens with zero attached hydrogens (tertiary/aromatic N) is 2. The fourth-order valence-corrected chi connectivity index (χ4v) is 8.97. The Morgan fingerprint density at radius 3 is 2.39 bits per heavy atom. The molecule has 1 aromatic heterocycles. The molecule has 38 heavy (non-hydrogen) atoms. The van der Waals surface area contributed by atoms with Gasteiger partial charge >= 0.3 is 0 Å². The number of aliphatic hydroxyl groups is 1. The van der Waals surface area contributed by atoms with Gasteiger partial charge in [0, 0.05) is 30.9 Å². The highest BCUT2D eigenvalue weighted by Gasteiger charge is 2.55. The minimum atomic E-state index is -3.53. The summed E-state index contributed by atoms with van der Waals surface area (Å²) in [7, 11) is -3.53. The van der Waals surface area contributed by atoms with Crippen LogP contribution in [0.5, 0.6) is 5.75 Å². The van der Waals surface area contributed by atoms with E-state index in [1.54, 1.807) is 12.1 Å². The molecule has 5 aliphatic rings. The van der Waals surface area contributed by atoms with Gasteiger partial charge in [-0.3, -0.25) is 4.79 Å². The van der Waals surface area contributed by atoms with Crippen LogP contribution in [0.3, 0.4) is 0 Å². The van der Waals surface area contributed by atoms with Crippen LogP contribution in [0.1, 0.15) is 61.7 Å². The van der Waals surface area contributed by atoms with E-state index in [0.717, 1.165) is 57.1 Å². The summed E-state index contributed by atoms with van der Waals surface area (Å²) in [4.78, 5) is 17.0. The summed E-state index contributed by atoms with van der Waals surface area (Å²) in [5, 5.41) is 14.2. The largest absolute Gasteiger partial charge is 0.494 e. The zero-order chi connectivity index (χ0) is 26.3. The maximum atomic E-state index is 13.0. The number of nitrogens with one attached hydrogen (secondary N) is 1. The van der Waals surface area contributed by atoms with E-state index in [9.17, 15) is 18.3 Å². The van der Waals surface area contributed by atoms with Crippen LogP contribution in [0.4, 0.5) is 0 Å². The summed E-state index contributed by atoms with van der Waals surface area (Å²) in [5.74, 6) is 2.49. The van der Waals surface area contributed by atoms with Gasteiger partial charge in [-0.2, -0.15) is 4.31 Å². The van der Waals surface area contributed by atoms with Gasteiger partial charge < -0.3 is 15.2 Å². The van der Waals surface area contributed by atoms with Crippen molar-refractivity contribution in [2.45, 2.75) is 68.0 Å². The van der Waals surface area contributed by atoms with E-state index in [1.807, 2.05) is 24.3 Å². The van der Waals surface area contributed by atoms with E-state index in [-0.39, 0.29) is 17.0 Å². The molecule has 2 heterocycles. The topological polar surface area (TPSA) is 109 Å². The lowest BCUT2D eigenvalue weighted by Crippen LogP contribution is -2.61. The van der Waals surface area contributed by atoms with Crippen LogP contribution >= 0.6 is 0 Å². The van der Waals surface area contributed by atoms with Gasteiger partial charge in [-0.15, -0.1) is 0 Å². The number of rotatable bonds is 8. The number of piperidine rings is 1. The molecule has 1 aromatic carbocycles. The molecule has 4 aliphatic carbocycles. The standard InChI is InChI=1S/C29H37N3O5S/c33-28(31-27-23-15-21-16-24(27)19-29(34,17-21)18-23)22-4-6-25(7-5-22)37-14-10-20-8-12-32(13-9-20)38(35,36)26-3-1-2-11-30-26/h1-7,11,20-21,23-24,27,34H,8-10,12-19H2,(H,31,33). The fraction of sp³-hybridized carbons (Fsp3) is 0.586. The monoisotopic (exact) mass is 539 g/mol. The maximum Gasteiger partial charge on any atom is 0.260 e. The van der Waals surface area contributed by atoms with Crippen LogP contribution < -0.4 is 10.1 Å². The van der Waals surface area contributed by atoms with Crippen molar-refractivity contribution in [3.8, 4) is 5.75 Å². The number of carbonyl (C=O) groups is 1. The molecular formula is C29H37N3O5S. The Bertz CT molecular complexity index is 1230. The summed E-state index contributed by atoms with van der Waals surface area (Å²) in [5.41, 5.74) is 0.136. The molecule has 2 aromatic rings. The van der Waals surface area contributed by atoms with Crippen molar-refractivity contribution in [3.63, 3.8) is 0 Å². The number of amides is 1. The van der Waals surface area contributed by atoms with Crippen LogP contribution in [-0.4, -0.2) is 60.1 Å². The van der Waals surface area contributed by atoms with Crippen LogP contribution in [0.2, 0.25) is 0 Å². The van der Waals surface area contributed by atoms with Crippen molar-refractivity contribution in [2.75, 3.05) is 19.7 Å². The minimum Gasteiger partial charge on any atom is -0.494 e. The summed E-state index contributed by atoms with van der Waals surface area (Å²) in [6.45, 7) is 1.55. The molecule has 0 radical (unpaired) electrons. The van der Waals surface area contributed by atoms with Crippen LogP contribution in [0.25, 0.3) is 0 Å². The lowest BCUT2D eigenvalue weighted by molar-refractivity contribution is -0.136. The first-order chi connectivity index (χ1) is 18.3. The zero-order valence-corrected chi connectivity index (χ0v) is 22.5. The normalized spacial score (nSPS) is 31.3. The summed E-state index contributed by atoms with van der Waals surface area (Å²) in [6.07, 6.45) is 8.78. The summed E-state index contributed by atoms with van der Waals surface area (Å²) >= 11 is 0. The first kappa shape index (κ1) is 25.8. The second-order valence-corrected chi connectivity index (χ2v) is 13.8. The molecule has 1 aliphatic heterocycles. The summed E-state index contributed by atoms with van der Waals surface area (Å²) in [6, 6.07) is 12.4. The second kappa shape index (κ2) is 10.2. The van der Waals surface area contributed by atoms with Gasteiger partial charge in [0.2, 0.25) is 0 Å². The Labute approximate surface area is 224 Å². The smallest absolute Gasteiger partial charge is 0.260 e. The molecule has 204 valence electrons. The predicted octanol–water partition coefficient (Wildman–Crippen LogP) is 3.62. The average Bonchev–Trinajstić information content (AvgIpc) is 2.91. The Morgan fingerprint density at radius 1 is 1.05 bits per heavy atom. The van der Waals surface area contributed by atoms with Crippen LogP contribution in [0.15, 0.2) is 53.7 Å². The van der Waals surface area contributed by atoms with E-state index in [1.165, 1.54) is 16.6 Å². The highest BCUT2D eigenvalue weighted by molar-refractivity contribution is 7.89. The van der Waals surface area contributed by atoms with E-state index >= 15 is 0 Å². The van der Waals surface area contributed by atoms with E-state index < -0.39 is 15.6 Å². The third kappa shape index (κ3) is 5.20. The first-order valence-corrected chi connectivity index (χ1v) is 15.4. The molecule has 2 unspecified atom stereocenters. The van der Waals surface area contributed by atoms with Crippen molar-refractivity contribution in [2.24, 2.45) is 23.7 Å². The van der Waals surface area contributed by atoms with Gasteiger partial charge in [-0.1, -0.05) is 6.07 Å². The number of carbonyl (C=O) groups excluding carboxylic acids is 1. The number of aromatic nitrogens is 1. The van der Waals surface area contributed by atoms with Crippen molar-refractivity contribution in [1.29, 1.82) is 0 Å². The SMILES string of the molecule is O=C(NC1C2CC3CC1CC(O)(C3)C2)c1ccc(OCCC2CCN(S(=O)(=O)c3ccccn3)CC2)cc1. The maximum absolute atomic E-state index is 13.0. The Morgan fingerprint density at radius 2 is 1.76 bits per heavy atom. The van der Waals surface area contributed by atoms with Gasteiger partial charge in [0.1, 0.15) is 5.75 Å². The highest BCUT2D eigenvalue weighted by Crippen LogP contribution is 2.55. The van der Waals surface area contributed by atoms with Gasteiger partial charge in [0.25, 0.3) is 15.9 Å². The fourth-order valence-electron chi connectivity index (χ4n) is 7.57. The van der Waals surface area contributed by atoms with E-state index in [2.05, 4.69) is 10.3 Å². The molecule has 1 amide bonds. The molecule has 2 atom stereocenters. The number of hydrogen-bond donors (Lipinski definition) is 2. The molecule has 9 heteroatoms. The molecule has 4 bridgehead atoms. The number of hydrogen-bond acceptors (Lipinski definition) is 6. The quantitative estimate of drug-likeness (QED) is 0.531. The van der Waals surface area contributed by atoms with Gasteiger partial charge in [0.05, 0.1) is 12.2 Å². The third-order valence-corrected chi connectivity index (χ3v) is 11.1. The average molecular weight is 540 g/mol. The van der Waals surface area contributed by atoms with E-state index in [0.29, 0.717) is 48.9 Å². The molecule has 7 rings (SSSR count). The Kier molecular flexibility index (Phi) is 6.95. The Hall–Kier alpha value is -2.49. The molecular weight excluding hydrogens is 502 g/mol. The number of benzene rings is 1. The second-order valence-electron chi connectivity index (χ2n) is 11.9. The number of pyridine rings is 1. The molecule has 4 saturated carbocycles. The van der Waals surface area contributed by atoms with E-state index in [4.69, 9.17) is 4.74 Å². The lowest BCUT2D eigenvalue weighted by atomic mass is 9.52.